The first kappa shape index (κ1) is 16.7. The average molecular weight is 310 g/mol. The molecule has 5 nitrogen and oxygen atoms in total. The molecule has 2 unspecified atom stereocenters. The lowest BCUT2D eigenvalue weighted by Gasteiger charge is -2.17. The number of aliphatic hydroxyl groups excluding tert-OH is 1. The molecule has 6 heteroatoms. The van der Waals surface area contributed by atoms with Gasteiger partial charge in [-0.25, -0.2) is 4.39 Å². The van der Waals surface area contributed by atoms with E-state index in [1.807, 2.05) is 4.90 Å². The van der Waals surface area contributed by atoms with E-state index in [9.17, 15) is 14.3 Å². The number of carbonyl (C=O) groups excluding carboxylic acids is 1. The first-order valence-electron chi connectivity index (χ1n) is 7.60. The normalized spacial score (nSPS) is 19.9. The van der Waals surface area contributed by atoms with Gasteiger partial charge in [0.1, 0.15) is 18.2 Å². The predicted molar refractivity (Wildman–Crippen MR) is 81.1 cm³/mol. The van der Waals surface area contributed by atoms with E-state index in [0.29, 0.717) is 25.4 Å². The highest BCUT2D eigenvalue weighted by Crippen LogP contribution is 2.18. The Morgan fingerprint density at radius 3 is 2.86 bits per heavy atom. The number of halogens is 1. The molecule has 2 atom stereocenters. The Hall–Kier alpha value is -1.66. The van der Waals surface area contributed by atoms with Crippen molar-refractivity contribution in [2.24, 2.45) is 5.92 Å². The predicted octanol–water partition coefficient (Wildman–Crippen LogP) is 1.02. The highest BCUT2D eigenvalue weighted by Gasteiger charge is 2.26. The molecule has 22 heavy (non-hydrogen) atoms. The summed E-state index contributed by atoms with van der Waals surface area (Å²) in [4.78, 5) is 13.9. The zero-order chi connectivity index (χ0) is 15.9. The van der Waals surface area contributed by atoms with Crippen LogP contribution in [-0.2, 0) is 4.79 Å². The fourth-order valence-electron chi connectivity index (χ4n) is 2.55. The Kier molecular flexibility index (Phi) is 6.15. The maximum Gasteiger partial charge on any atom is 0.234 e. The summed E-state index contributed by atoms with van der Waals surface area (Å²) in [5.74, 6) is 0.486. The number of rotatable bonds is 7. The van der Waals surface area contributed by atoms with Crippen molar-refractivity contribution in [2.45, 2.75) is 19.4 Å². The molecule has 1 fully saturated rings. The van der Waals surface area contributed by atoms with E-state index in [2.05, 4.69) is 5.32 Å². The molecule has 0 radical (unpaired) electrons. The number of aliphatic hydroxyl groups is 1. The number of benzene rings is 1. The van der Waals surface area contributed by atoms with Crippen molar-refractivity contribution in [3.8, 4) is 5.75 Å². The Morgan fingerprint density at radius 2 is 2.23 bits per heavy atom. The average Bonchev–Trinajstić information content (AvgIpc) is 2.94. The Morgan fingerprint density at radius 1 is 1.50 bits per heavy atom. The van der Waals surface area contributed by atoms with Crippen molar-refractivity contribution in [3.05, 3.63) is 30.1 Å². The van der Waals surface area contributed by atoms with Gasteiger partial charge in [0.2, 0.25) is 5.91 Å². The summed E-state index contributed by atoms with van der Waals surface area (Å²) in [6, 6.07) is 5.77. The molecule has 1 amide bonds. The maximum absolute atomic E-state index is 12.7. The summed E-state index contributed by atoms with van der Waals surface area (Å²) in [7, 11) is 0. The van der Waals surface area contributed by atoms with Gasteiger partial charge in [-0.1, -0.05) is 0 Å². The molecule has 1 aromatic carbocycles. The van der Waals surface area contributed by atoms with E-state index >= 15 is 0 Å². The minimum Gasteiger partial charge on any atom is -0.492 e. The van der Waals surface area contributed by atoms with E-state index < -0.39 is 0 Å². The fourth-order valence-corrected chi connectivity index (χ4v) is 2.55. The lowest BCUT2D eigenvalue weighted by Crippen LogP contribution is -2.38. The topological polar surface area (TPSA) is 61.8 Å². The Bertz CT molecular complexity index is 479. The summed E-state index contributed by atoms with van der Waals surface area (Å²) in [5, 5.41) is 12.3. The molecular formula is C16H23FN2O3. The summed E-state index contributed by atoms with van der Waals surface area (Å²) in [6.07, 6.45) is 0.607. The SMILES string of the molecule is CC(O)C1CCN(CC(=O)NCCOc2ccc(F)cc2)C1. The number of hydrogen-bond donors (Lipinski definition) is 2. The van der Waals surface area contributed by atoms with Crippen LogP contribution in [-0.4, -0.2) is 54.8 Å². The van der Waals surface area contributed by atoms with Gasteiger partial charge in [-0.2, -0.15) is 0 Å². The van der Waals surface area contributed by atoms with Gasteiger partial charge in [0.15, 0.2) is 0 Å². The monoisotopic (exact) mass is 310 g/mol. The largest absolute Gasteiger partial charge is 0.492 e. The highest BCUT2D eigenvalue weighted by molar-refractivity contribution is 5.78. The van der Waals surface area contributed by atoms with Crippen LogP contribution in [0.4, 0.5) is 4.39 Å². The number of nitrogens with zero attached hydrogens (tertiary/aromatic N) is 1. The molecule has 0 saturated carbocycles. The van der Waals surface area contributed by atoms with Crippen LogP contribution >= 0.6 is 0 Å². The minimum absolute atomic E-state index is 0.0473. The fraction of sp³-hybridized carbons (Fsp3) is 0.562. The lowest BCUT2D eigenvalue weighted by atomic mass is 10.0. The molecule has 1 aromatic rings. The summed E-state index contributed by atoms with van der Waals surface area (Å²) in [5.41, 5.74) is 0. The van der Waals surface area contributed by atoms with Crippen molar-refractivity contribution in [2.75, 3.05) is 32.8 Å². The second-order valence-corrected chi connectivity index (χ2v) is 5.68. The lowest BCUT2D eigenvalue weighted by molar-refractivity contribution is -0.122. The molecule has 1 aliphatic rings. The van der Waals surface area contributed by atoms with Crippen molar-refractivity contribution >= 4 is 5.91 Å². The van der Waals surface area contributed by atoms with Gasteiger partial charge in [-0.15, -0.1) is 0 Å². The van der Waals surface area contributed by atoms with Crippen LogP contribution in [0, 0.1) is 11.7 Å². The standard InChI is InChI=1S/C16H23FN2O3/c1-12(20)13-6-8-19(10-13)11-16(21)18-7-9-22-15-4-2-14(17)3-5-15/h2-5,12-13,20H,6-11H2,1H3,(H,18,21). The van der Waals surface area contributed by atoms with Crippen molar-refractivity contribution in [1.82, 2.24) is 10.2 Å². The van der Waals surface area contributed by atoms with Gasteiger partial charge in [0.25, 0.3) is 0 Å². The summed E-state index contributed by atoms with van der Waals surface area (Å²) >= 11 is 0. The van der Waals surface area contributed by atoms with Gasteiger partial charge in [0, 0.05) is 6.54 Å². The van der Waals surface area contributed by atoms with E-state index in [-0.39, 0.29) is 23.7 Å². The molecule has 1 saturated heterocycles. The van der Waals surface area contributed by atoms with Crippen molar-refractivity contribution in [1.29, 1.82) is 0 Å². The minimum atomic E-state index is -0.322. The molecule has 1 aliphatic heterocycles. The van der Waals surface area contributed by atoms with Gasteiger partial charge in [-0.05, 0) is 50.1 Å². The van der Waals surface area contributed by atoms with E-state index in [1.54, 1.807) is 19.1 Å². The van der Waals surface area contributed by atoms with Crippen LogP contribution in [0.25, 0.3) is 0 Å². The smallest absolute Gasteiger partial charge is 0.234 e. The van der Waals surface area contributed by atoms with E-state index in [0.717, 1.165) is 19.5 Å². The third-order valence-corrected chi connectivity index (χ3v) is 3.86. The summed E-state index contributed by atoms with van der Waals surface area (Å²) in [6.45, 7) is 4.49. The molecule has 0 aromatic heterocycles. The Balaban J connectivity index is 1.59. The zero-order valence-corrected chi connectivity index (χ0v) is 12.8. The van der Waals surface area contributed by atoms with Gasteiger partial charge < -0.3 is 15.2 Å². The first-order valence-corrected chi connectivity index (χ1v) is 7.60. The summed E-state index contributed by atoms with van der Waals surface area (Å²) < 4.78 is 18.1. The molecular weight excluding hydrogens is 287 g/mol. The van der Waals surface area contributed by atoms with Crippen LogP contribution in [0.2, 0.25) is 0 Å². The number of ether oxygens (including phenoxy) is 1. The molecule has 1 heterocycles. The van der Waals surface area contributed by atoms with Crippen molar-refractivity contribution in [3.63, 3.8) is 0 Å². The van der Waals surface area contributed by atoms with E-state index in [1.165, 1.54) is 12.1 Å². The quantitative estimate of drug-likeness (QED) is 0.738. The maximum atomic E-state index is 12.7. The molecule has 2 rings (SSSR count). The second-order valence-electron chi connectivity index (χ2n) is 5.68. The van der Waals surface area contributed by atoms with Crippen LogP contribution in [0.5, 0.6) is 5.75 Å². The third kappa shape index (κ3) is 5.27. The van der Waals surface area contributed by atoms with Gasteiger partial charge in [-0.3, -0.25) is 9.69 Å². The second kappa shape index (κ2) is 8.10. The van der Waals surface area contributed by atoms with Gasteiger partial charge in [0.05, 0.1) is 19.2 Å². The molecule has 0 bridgehead atoms. The van der Waals surface area contributed by atoms with Crippen LogP contribution in [0.3, 0.4) is 0 Å². The van der Waals surface area contributed by atoms with Crippen LogP contribution < -0.4 is 10.1 Å². The number of likely N-dealkylation sites (tertiary alicyclic amines) is 1. The Labute approximate surface area is 130 Å². The van der Waals surface area contributed by atoms with Crippen LogP contribution in [0.15, 0.2) is 24.3 Å². The number of amides is 1. The molecule has 0 spiro atoms. The molecule has 0 aliphatic carbocycles. The first-order chi connectivity index (χ1) is 10.5. The molecule has 2 N–H and O–H groups in total. The molecule has 122 valence electrons. The van der Waals surface area contributed by atoms with E-state index in [4.69, 9.17) is 4.74 Å². The number of hydrogen-bond acceptors (Lipinski definition) is 4. The third-order valence-electron chi connectivity index (χ3n) is 3.86. The van der Waals surface area contributed by atoms with Crippen LogP contribution in [0.1, 0.15) is 13.3 Å². The van der Waals surface area contributed by atoms with Gasteiger partial charge >= 0.3 is 0 Å². The number of nitrogens with one attached hydrogen (secondary N) is 1. The zero-order valence-electron chi connectivity index (χ0n) is 12.8. The highest BCUT2D eigenvalue weighted by atomic mass is 19.1. The number of carbonyl (C=O) groups is 1. The van der Waals surface area contributed by atoms with Crippen molar-refractivity contribution < 1.29 is 19.0 Å².